The largest absolute Gasteiger partial charge is 0.480 e. The molecule has 1 atom stereocenters. The minimum atomic E-state index is -3.32. The quantitative estimate of drug-likeness (QED) is 0.693. The van der Waals surface area contributed by atoms with Crippen LogP contribution in [-0.2, 0) is 19.4 Å². The van der Waals surface area contributed by atoms with Gasteiger partial charge < -0.3 is 9.63 Å². The molecule has 1 aromatic rings. The monoisotopic (exact) mass is 290 g/mol. The lowest BCUT2D eigenvalue weighted by Gasteiger charge is -2.23. The molecule has 0 aliphatic carbocycles. The van der Waals surface area contributed by atoms with Crippen LogP contribution in [0.25, 0.3) is 0 Å². The van der Waals surface area contributed by atoms with Crippen molar-refractivity contribution in [3.63, 3.8) is 0 Å². The Kier molecular flexibility index (Phi) is 4.65. The number of aryl methyl sites for hydroxylation is 1. The zero-order valence-corrected chi connectivity index (χ0v) is 11.3. The Morgan fingerprint density at radius 3 is 2.63 bits per heavy atom. The molecule has 1 aromatic heterocycles. The van der Waals surface area contributed by atoms with Gasteiger partial charge in [0.05, 0.1) is 11.9 Å². The Hall–Kier alpha value is -1.90. The highest BCUT2D eigenvalue weighted by atomic mass is 32.2. The number of aliphatic carboxylic acids is 1. The van der Waals surface area contributed by atoms with Gasteiger partial charge in [0, 0.05) is 6.26 Å². The normalized spacial score (nSPS) is 12.9. The van der Waals surface area contributed by atoms with Gasteiger partial charge in [-0.2, -0.15) is 0 Å². The second-order valence-corrected chi connectivity index (χ2v) is 6.31. The van der Waals surface area contributed by atoms with E-state index < -0.39 is 21.8 Å². The molecule has 1 N–H and O–H groups in total. The third-order valence-corrected chi connectivity index (χ3v) is 3.48. The highest BCUT2D eigenvalue weighted by Gasteiger charge is 2.29. The van der Waals surface area contributed by atoms with Gasteiger partial charge in [-0.3, -0.25) is 9.69 Å². The van der Waals surface area contributed by atoms with E-state index in [2.05, 4.69) is 5.16 Å². The molecular formula is C10H14N2O6S. The van der Waals surface area contributed by atoms with Crippen LogP contribution in [0, 0.1) is 6.92 Å². The molecule has 19 heavy (non-hydrogen) atoms. The topological polar surface area (TPSA) is 118 Å². The average Bonchev–Trinajstić information content (AvgIpc) is 2.68. The fraction of sp³-hybridized carbons (Fsp3) is 0.500. The molecule has 106 valence electrons. The van der Waals surface area contributed by atoms with E-state index in [4.69, 9.17) is 9.63 Å². The number of carbonyl (C=O) groups is 2. The van der Waals surface area contributed by atoms with Gasteiger partial charge in [0.1, 0.15) is 21.6 Å². The number of carboxylic acid groups (broad SMARTS) is 1. The van der Waals surface area contributed by atoms with Crippen molar-refractivity contribution in [3.05, 3.63) is 12.0 Å². The molecule has 0 bridgehead atoms. The minimum absolute atomic E-state index is 0.205. The number of hydrogen-bond donors (Lipinski definition) is 1. The molecule has 0 saturated carbocycles. The number of rotatable bonds is 7. The van der Waals surface area contributed by atoms with Gasteiger partial charge in [-0.25, -0.2) is 13.2 Å². The van der Waals surface area contributed by atoms with E-state index in [9.17, 15) is 18.0 Å². The zero-order chi connectivity index (χ0) is 14.6. The number of nitrogens with zero attached hydrogens (tertiary/aromatic N) is 2. The summed E-state index contributed by atoms with van der Waals surface area (Å²) in [4.78, 5) is 23.1. The summed E-state index contributed by atoms with van der Waals surface area (Å²) in [6.07, 6.45) is 2.32. The van der Waals surface area contributed by atoms with E-state index in [-0.39, 0.29) is 23.6 Å². The lowest BCUT2D eigenvalue weighted by molar-refractivity contribution is -0.139. The van der Waals surface area contributed by atoms with Crippen molar-refractivity contribution in [1.29, 1.82) is 0 Å². The van der Waals surface area contributed by atoms with Crippen LogP contribution in [-0.4, -0.2) is 49.1 Å². The first-order valence-corrected chi connectivity index (χ1v) is 7.37. The van der Waals surface area contributed by atoms with E-state index in [1.807, 2.05) is 0 Å². The maximum absolute atomic E-state index is 11.2. The molecule has 9 heteroatoms. The molecule has 8 nitrogen and oxygen atoms in total. The maximum atomic E-state index is 11.2. The summed E-state index contributed by atoms with van der Waals surface area (Å²) in [6, 6.07) is -1.29. The van der Waals surface area contributed by atoms with Crippen molar-refractivity contribution < 1.29 is 27.6 Å². The lowest BCUT2D eigenvalue weighted by Crippen LogP contribution is -2.41. The molecule has 1 unspecified atom stereocenters. The summed E-state index contributed by atoms with van der Waals surface area (Å²) in [5, 5.41) is 12.6. The second-order valence-electron chi connectivity index (χ2n) is 4.05. The van der Waals surface area contributed by atoms with Crippen molar-refractivity contribution in [2.75, 3.05) is 16.9 Å². The highest BCUT2D eigenvalue weighted by molar-refractivity contribution is 7.90. The molecule has 0 aromatic carbocycles. The Balaban J connectivity index is 3.00. The van der Waals surface area contributed by atoms with Crippen LogP contribution in [0.15, 0.2) is 10.7 Å². The number of sulfone groups is 1. The third-order valence-electron chi connectivity index (χ3n) is 2.50. The summed E-state index contributed by atoms with van der Waals surface area (Å²) < 4.78 is 26.9. The predicted octanol–water partition coefficient (Wildman–Crippen LogP) is -0.166. The zero-order valence-electron chi connectivity index (χ0n) is 10.4. The molecular weight excluding hydrogens is 276 g/mol. The van der Waals surface area contributed by atoms with Crippen LogP contribution < -0.4 is 4.90 Å². The van der Waals surface area contributed by atoms with E-state index in [1.54, 1.807) is 0 Å². The SMILES string of the molecule is Cc1oncc1N(C=O)C(CCS(C)(=O)=O)C(=O)O. The van der Waals surface area contributed by atoms with Gasteiger partial charge in [-0.1, -0.05) is 5.16 Å². The minimum Gasteiger partial charge on any atom is -0.480 e. The van der Waals surface area contributed by atoms with Crippen molar-refractivity contribution in [2.45, 2.75) is 19.4 Å². The van der Waals surface area contributed by atoms with Gasteiger partial charge in [-0.05, 0) is 13.3 Å². The third kappa shape index (κ3) is 4.05. The first-order valence-electron chi connectivity index (χ1n) is 5.31. The Morgan fingerprint density at radius 1 is 1.63 bits per heavy atom. The van der Waals surface area contributed by atoms with Crippen LogP contribution in [0.5, 0.6) is 0 Å². The van der Waals surface area contributed by atoms with Gasteiger partial charge >= 0.3 is 5.97 Å². The average molecular weight is 290 g/mol. The lowest BCUT2D eigenvalue weighted by atomic mass is 10.2. The van der Waals surface area contributed by atoms with E-state index in [0.29, 0.717) is 6.41 Å². The second kappa shape index (κ2) is 5.83. The van der Waals surface area contributed by atoms with Crippen molar-refractivity contribution in [2.24, 2.45) is 0 Å². The molecule has 0 aliphatic rings. The van der Waals surface area contributed by atoms with Gasteiger partial charge in [0.25, 0.3) is 0 Å². The summed E-state index contributed by atoms with van der Waals surface area (Å²) in [7, 11) is -3.32. The Morgan fingerprint density at radius 2 is 2.26 bits per heavy atom. The van der Waals surface area contributed by atoms with Crippen LogP contribution in [0.1, 0.15) is 12.2 Å². The standard InChI is InChI=1S/C10H14N2O6S/c1-7-9(5-11-18-7)12(6-13)8(10(14)15)3-4-19(2,16)17/h5-6,8H,3-4H2,1-2H3,(H,14,15). The molecule has 0 aliphatic heterocycles. The fourth-order valence-corrected chi connectivity index (χ4v) is 2.20. The fourth-order valence-electron chi connectivity index (χ4n) is 1.55. The molecule has 1 rings (SSSR count). The van der Waals surface area contributed by atoms with Crippen LogP contribution in [0.4, 0.5) is 5.69 Å². The van der Waals surface area contributed by atoms with E-state index >= 15 is 0 Å². The number of aromatic nitrogens is 1. The summed E-state index contributed by atoms with van der Waals surface area (Å²) in [6.45, 7) is 1.52. The smallest absolute Gasteiger partial charge is 0.326 e. The number of anilines is 1. The summed E-state index contributed by atoms with van der Waals surface area (Å²) >= 11 is 0. The molecule has 0 spiro atoms. The van der Waals surface area contributed by atoms with Crippen molar-refractivity contribution in [1.82, 2.24) is 5.16 Å². The number of amides is 1. The first-order chi connectivity index (χ1) is 8.76. The summed E-state index contributed by atoms with van der Waals surface area (Å²) in [5.74, 6) is -1.35. The van der Waals surface area contributed by atoms with Gasteiger partial charge in [0.15, 0.2) is 5.76 Å². The van der Waals surface area contributed by atoms with Crippen LogP contribution >= 0.6 is 0 Å². The maximum Gasteiger partial charge on any atom is 0.326 e. The van der Waals surface area contributed by atoms with Crippen LogP contribution in [0.3, 0.4) is 0 Å². The molecule has 1 heterocycles. The number of carbonyl (C=O) groups excluding carboxylic acids is 1. The van der Waals surface area contributed by atoms with Crippen molar-refractivity contribution in [3.8, 4) is 0 Å². The van der Waals surface area contributed by atoms with E-state index in [1.165, 1.54) is 13.1 Å². The first kappa shape index (κ1) is 15.2. The van der Waals surface area contributed by atoms with Gasteiger partial charge in [0.2, 0.25) is 6.41 Å². The Bertz CT molecular complexity index is 564. The van der Waals surface area contributed by atoms with Crippen LogP contribution in [0.2, 0.25) is 0 Å². The number of hydrogen-bond acceptors (Lipinski definition) is 6. The molecule has 0 fully saturated rings. The van der Waals surface area contributed by atoms with Crippen molar-refractivity contribution >= 4 is 27.9 Å². The van der Waals surface area contributed by atoms with E-state index in [0.717, 1.165) is 11.2 Å². The molecule has 0 saturated heterocycles. The highest BCUT2D eigenvalue weighted by Crippen LogP contribution is 2.21. The summed E-state index contributed by atoms with van der Waals surface area (Å²) in [5.41, 5.74) is 0.205. The predicted molar refractivity (Wildman–Crippen MR) is 65.5 cm³/mol. The van der Waals surface area contributed by atoms with Gasteiger partial charge in [-0.15, -0.1) is 0 Å². The molecule has 0 radical (unpaired) electrons. The Labute approximate surface area is 109 Å². The molecule has 1 amide bonds. The number of carboxylic acids is 1.